The van der Waals surface area contributed by atoms with E-state index >= 15 is 0 Å². The van der Waals surface area contributed by atoms with Gasteiger partial charge in [-0.2, -0.15) is 0 Å². The molecule has 0 aliphatic heterocycles. The minimum Gasteiger partial charge on any atom is -0.480 e. The molecule has 0 aromatic heterocycles. The summed E-state index contributed by atoms with van der Waals surface area (Å²) in [4.78, 5) is 37.8. The maximum atomic E-state index is 13.0. The van der Waals surface area contributed by atoms with Crippen LogP contribution in [0.25, 0.3) is 11.1 Å². The second-order valence-electron chi connectivity index (χ2n) is 9.64. The van der Waals surface area contributed by atoms with Gasteiger partial charge in [0.15, 0.2) is 6.04 Å². The van der Waals surface area contributed by atoms with Crippen LogP contribution in [0.2, 0.25) is 0 Å². The lowest BCUT2D eigenvalue weighted by Gasteiger charge is -2.25. The maximum absolute atomic E-state index is 13.0. The van der Waals surface area contributed by atoms with E-state index < -0.39 is 36.2 Å². The first-order chi connectivity index (χ1) is 18.9. The van der Waals surface area contributed by atoms with Crippen LogP contribution in [0.1, 0.15) is 49.3 Å². The van der Waals surface area contributed by atoms with Gasteiger partial charge in [0.1, 0.15) is 12.6 Å². The van der Waals surface area contributed by atoms with Crippen LogP contribution in [0.4, 0.5) is 4.79 Å². The average Bonchev–Trinajstić information content (AvgIpc) is 3.27. The molecule has 4 rings (SSSR count). The highest BCUT2D eigenvalue weighted by Gasteiger charge is 2.32. The standard InChI is InChI=1S/C31H34N2O6/c1-3-11-27(29(34)33-28(30(35)36)20(2)38-18-21-12-5-4-6-13-21)32-31(37)39-19-26-24-16-9-7-14-22(24)23-15-8-10-17-25(23)26/h4-10,12-17,20,26-28H,3,11,18-19H2,1-2H3,(H,32,37)(H,33,34)(H,35,36)/t20-,27?,28+/m0/s1. The Balaban J connectivity index is 1.35. The topological polar surface area (TPSA) is 114 Å². The van der Waals surface area contributed by atoms with Crippen LogP contribution in [0.5, 0.6) is 0 Å². The Kier molecular flexibility index (Phi) is 9.33. The Hall–Kier alpha value is -4.17. The highest BCUT2D eigenvalue weighted by atomic mass is 16.5. The number of carbonyl (C=O) groups excluding carboxylic acids is 2. The summed E-state index contributed by atoms with van der Waals surface area (Å²) in [6.07, 6.45) is -0.615. The van der Waals surface area contributed by atoms with Gasteiger partial charge in [0.2, 0.25) is 5.91 Å². The normalized spacial score (nSPS) is 14.4. The molecule has 3 N–H and O–H groups in total. The number of carboxylic acids is 1. The molecule has 8 heteroatoms. The number of carboxylic acid groups (broad SMARTS) is 1. The fourth-order valence-corrected chi connectivity index (χ4v) is 4.87. The zero-order valence-electron chi connectivity index (χ0n) is 22.1. The Morgan fingerprint density at radius 3 is 2.05 bits per heavy atom. The molecule has 1 aliphatic rings. The Morgan fingerprint density at radius 1 is 0.872 bits per heavy atom. The van der Waals surface area contributed by atoms with Gasteiger partial charge in [0.25, 0.3) is 0 Å². The summed E-state index contributed by atoms with van der Waals surface area (Å²) < 4.78 is 11.3. The summed E-state index contributed by atoms with van der Waals surface area (Å²) in [5, 5.41) is 14.9. The van der Waals surface area contributed by atoms with Gasteiger partial charge < -0.3 is 25.2 Å². The first-order valence-electron chi connectivity index (χ1n) is 13.2. The van der Waals surface area contributed by atoms with Gasteiger partial charge in [0, 0.05) is 5.92 Å². The molecular weight excluding hydrogens is 496 g/mol. The SMILES string of the molecule is CCCC(NC(=O)OCC1c2ccccc2-c2ccccc21)C(=O)N[C@@H](C(=O)O)[C@H](C)OCc1ccccc1. The minimum absolute atomic E-state index is 0.111. The van der Waals surface area contributed by atoms with Crippen LogP contribution in [-0.2, 0) is 25.7 Å². The third-order valence-corrected chi connectivity index (χ3v) is 6.92. The molecule has 0 spiro atoms. The van der Waals surface area contributed by atoms with E-state index in [2.05, 4.69) is 22.8 Å². The molecule has 0 radical (unpaired) electrons. The molecule has 0 saturated carbocycles. The number of benzene rings is 3. The smallest absolute Gasteiger partial charge is 0.407 e. The Labute approximate surface area is 228 Å². The molecular formula is C31H34N2O6. The van der Waals surface area contributed by atoms with Crippen LogP contribution >= 0.6 is 0 Å². The quantitative estimate of drug-likeness (QED) is 0.308. The molecule has 8 nitrogen and oxygen atoms in total. The molecule has 3 atom stereocenters. The molecule has 3 aromatic carbocycles. The molecule has 204 valence electrons. The summed E-state index contributed by atoms with van der Waals surface area (Å²) in [7, 11) is 0. The van der Waals surface area contributed by atoms with E-state index in [-0.39, 0.29) is 19.1 Å². The van der Waals surface area contributed by atoms with Crippen molar-refractivity contribution in [2.75, 3.05) is 6.61 Å². The van der Waals surface area contributed by atoms with Crippen molar-refractivity contribution in [2.45, 2.75) is 57.4 Å². The van der Waals surface area contributed by atoms with E-state index in [1.165, 1.54) is 0 Å². The van der Waals surface area contributed by atoms with Gasteiger partial charge in [-0.1, -0.05) is 92.2 Å². The highest BCUT2D eigenvalue weighted by Crippen LogP contribution is 2.44. The van der Waals surface area contributed by atoms with Gasteiger partial charge in [-0.05, 0) is 41.2 Å². The second kappa shape index (κ2) is 13.1. The lowest BCUT2D eigenvalue weighted by molar-refractivity contribution is -0.146. The fraction of sp³-hybridized carbons (Fsp3) is 0.323. The number of fused-ring (bicyclic) bond motifs is 3. The fourth-order valence-electron chi connectivity index (χ4n) is 4.87. The molecule has 0 bridgehead atoms. The third kappa shape index (κ3) is 6.83. The second-order valence-corrected chi connectivity index (χ2v) is 9.64. The van der Waals surface area contributed by atoms with Gasteiger partial charge in [-0.25, -0.2) is 9.59 Å². The van der Waals surface area contributed by atoms with Gasteiger partial charge in [-0.3, -0.25) is 4.79 Å². The molecule has 0 fully saturated rings. The number of alkyl carbamates (subject to hydrolysis) is 1. The van der Waals surface area contributed by atoms with E-state index in [9.17, 15) is 19.5 Å². The van der Waals surface area contributed by atoms with E-state index in [0.717, 1.165) is 27.8 Å². The van der Waals surface area contributed by atoms with Gasteiger partial charge >= 0.3 is 12.1 Å². The van der Waals surface area contributed by atoms with Crippen molar-refractivity contribution in [3.63, 3.8) is 0 Å². The number of aliphatic carboxylic acids is 1. The van der Waals surface area contributed by atoms with Crippen molar-refractivity contribution in [3.05, 3.63) is 95.6 Å². The summed E-state index contributed by atoms with van der Waals surface area (Å²) in [6.45, 7) is 3.79. The van der Waals surface area contributed by atoms with Crippen LogP contribution in [-0.4, -0.2) is 47.9 Å². The number of hydrogen-bond donors (Lipinski definition) is 3. The molecule has 1 unspecified atom stereocenters. The number of rotatable bonds is 12. The highest BCUT2D eigenvalue weighted by molar-refractivity contribution is 5.89. The first-order valence-corrected chi connectivity index (χ1v) is 13.2. The lowest BCUT2D eigenvalue weighted by Crippen LogP contribution is -2.55. The summed E-state index contributed by atoms with van der Waals surface area (Å²) in [6, 6.07) is 23.2. The van der Waals surface area contributed by atoms with E-state index in [1.807, 2.05) is 73.7 Å². The summed E-state index contributed by atoms with van der Waals surface area (Å²) >= 11 is 0. The Morgan fingerprint density at radius 2 is 1.46 bits per heavy atom. The number of amides is 2. The van der Waals surface area contributed by atoms with E-state index in [1.54, 1.807) is 6.92 Å². The lowest BCUT2D eigenvalue weighted by atomic mass is 9.98. The molecule has 39 heavy (non-hydrogen) atoms. The van der Waals surface area contributed by atoms with E-state index in [4.69, 9.17) is 9.47 Å². The van der Waals surface area contributed by atoms with Crippen molar-refractivity contribution in [3.8, 4) is 11.1 Å². The number of hydrogen-bond acceptors (Lipinski definition) is 5. The molecule has 1 aliphatic carbocycles. The van der Waals surface area contributed by atoms with E-state index in [0.29, 0.717) is 12.8 Å². The van der Waals surface area contributed by atoms with Crippen molar-refractivity contribution < 1.29 is 29.0 Å². The third-order valence-electron chi connectivity index (χ3n) is 6.92. The van der Waals surface area contributed by atoms with Gasteiger partial charge in [0.05, 0.1) is 12.7 Å². The summed E-state index contributed by atoms with van der Waals surface area (Å²) in [5.74, 6) is -1.94. The maximum Gasteiger partial charge on any atom is 0.407 e. The van der Waals surface area contributed by atoms with Crippen LogP contribution in [0.15, 0.2) is 78.9 Å². The molecule has 0 saturated heterocycles. The monoisotopic (exact) mass is 530 g/mol. The molecule has 0 heterocycles. The number of nitrogens with one attached hydrogen (secondary N) is 2. The Bertz CT molecular complexity index is 1250. The zero-order valence-corrected chi connectivity index (χ0v) is 22.1. The number of ether oxygens (including phenoxy) is 2. The van der Waals surface area contributed by atoms with Crippen LogP contribution in [0.3, 0.4) is 0 Å². The average molecular weight is 531 g/mol. The van der Waals surface area contributed by atoms with Crippen molar-refractivity contribution in [1.82, 2.24) is 10.6 Å². The van der Waals surface area contributed by atoms with Gasteiger partial charge in [-0.15, -0.1) is 0 Å². The van der Waals surface area contributed by atoms with Crippen LogP contribution < -0.4 is 10.6 Å². The van der Waals surface area contributed by atoms with Crippen molar-refractivity contribution >= 4 is 18.0 Å². The van der Waals surface area contributed by atoms with Crippen LogP contribution in [0, 0.1) is 0 Å². The zero-order chi connectivity index (χ0) is 27.8. The molecule has 3 aromatic rings. The van der Waals surface area contributed by atoms with Crippen molar-refractivity contribution in [1.29, 1.82) is 0 Å². The largest absolute Gasteiger partial charge is 0.480 e. The van der Waals surface area contributed by atoms with Crippen molar-refractivity contribution in [2.24, 2.45) is 0 Å². The predicted octanol–water partition coefficient (Wildman–Crippen LogP) is 4.87. The summed E-state index contributed by atoms with van der Waals surface area (Å²) in [5.41, 5.74) is 5.30. The predicted molar refractivity (Wildman–Crippen MR) is 147 cm³/mol. The first kappa shape index (κ1) is 27.9. The minimum atomic E-state index is -1.29. The molecule has 2 amide bonds. The number of carbonyl (C=O) groups is 3.